The lowest BCUT2D eigenvalue weighted by Crippen LogP contribution is -2.42. The van der Waals surface area contributed by atoms with Crippen LogP contribution in [0.2, 0.25) is 0 Å². The molecule has 5 nitrogen and oxygen atoms in total. The molecule has 0 radical (unpaired) electrons. The molecule has 1 aromatic rings. The second-order valence-corrected chi connectivity index (χ2v) is 7.39. The van der Waals surface area contributed by atoms with Crippen LogP contribution in [0.4, 0.5) is 0 Å². The molecule has 0 saturated carbocycles. The van der Waals surface area contributed by atoms with Gasteiger partial charge in [0, 0.05) is 13.1 Å². The highest BCUT2D eigenvalue weighted by atomic mass is 32.2. The van der Waals surface area contributed by atoms with Gasteiger partial charge in [0.1, 0.15) is 4.90 Å². The van der Waals surface area contributed by atoms with Crippen molar-refractivity contribution in [1.82, 2.24) is 14.5 Å². The van der Waals surface area contributed by atoms with Gasteiger partial charge in [-0.3, -0.25) is 5.10 Å². The smallest absolute Gasteiger partial charge is 0.246 e. The molecule has 98 valence electrons. The number of nitrogens with one attached hydrogen (secondary N) is 1. The molecule has 0 amide bonds. The highest BCUT2D eigenvalue weighted by molar-refractivity contribution is 7.89. The van der Waals surface area contributed by atoms with Gasteiger partial charge in [0.05, 0.1) is 11.9 Å². The van der Waals surface area contributed by atoms with Crippen LogP contribution >= 0.6 is 0 Å². The summed E-state index contributed by atoms with van der Waals surface area (Å²) >= 11 is 0. The summed E-state index contributed by atoms with van der Waals surface area (Å²) in [4.78, 5) is 0.246. The van der Waals surface area contributed by atoms with Gasteiger partial charge in [-0.05, 0) is 19.3 Å². The summed E-state index contributed by atoms with van der Waals surface area (Å²) in [6.45, 7) is 9.67. The first-order valence-corrected chi connectivity index (χ1v) is 7.00. The molecule has 1 heterocycles. The normalized spacial score (nSPS) is 15.2. The Labute approximate surface area is 103 Å². The number of sulfonamides is 1. The molecule has 0 aliphatic heterocycles. The number of hydrogen-bond acceptors (Lipinski definition) is 3. The van der Waals surface area contributed by atoms with Crippen molar-refractivity contribution in [3.05, 3.63) is 11.9 Å². The Morgan fingerprint density at radius 1 is 1.41 bits per heavy atom. The van der Waals surface area contributed by atoms with Crippen molar-refractivity contribution in [1.29, 1.82) is 0 Å². The number of H-pyrrole nitrogens is 1. The van der Waals surface area contributed by atoms with E-state index in [1.165, 1.54) is 10.5 Å². The van der Waals surface area contributed by atoms with Gasteiger partial charge in [0.15, 0.2) is 0 Å². The second-order valence-electron chi connectivity index (χ2n) is 5.42. The minimum Gasteiger partial charge on any atom is -0.281 e. The summed E-state index contributed by atoms with van der Waals surface area (Å²) in [6, 6.07) is -0.0956. The lowest BCUT2D eigenvalue weighted by atomic mass is 9.88. The van der Waals surface area contributed by atoms with Crippen molar-refractivity contribution in [3.8, 4) is 0 Å². The SMILES string of the molecule is Cc1[nH]ncc1S(=O)(=O)N(C)C(C)C(C)(C)C. The minimum atomic E-state index is -3.47. The molecule has 1 atom stereocenters. The average molecular weight is 259 g/mol. The van der Waals surface area contributed by atoms with Crippen LogP contribution in [-0.2, 0) is 10.0 Å². The Balaban J connectivity index is 3.13. The first-order chi connectivity index (χ1) is 7.58. The van der Waals surface area contributed by atoms with Gasteiger partial charge in [-0.15, -0.1) is 0 Å². The lowest BCUT2D eigenvalue weighted by Gasteiger charge is -2.34. The summed E-state index contributed by atoms with van der Waals surface area (Å²) < 4.78 is 26.1. The van der Waals surface area contributed by atoms with Crippen molar-refractivity contribution >= 4 is 10.0 Å². The predicted octanol–water partition coefficient (Wildman–Crippen LogP) is 1.77. The van der Waals surface area contributed by atoms with Gasteiger partial charge in [-0.2, -0.15) is 9.40 Å². The Kier molecular flexibility index (Phi) is 3.69. The number of aryl methyl sites for hydroxylation is 1. The molecule has 0 fully saturated rings. The molecule has 1 unspecified atom stereocenters. The summed E-state index contributed by atoms with van der Waals surface area (Å²) in [7, 11) is -1.86. The van der Waals surface area contributed by atoms with Crippen molar-refractivity contribution in [3.63, 3.8) is 0 Å². The Hall–Kier alpha value is -0.880. The molecule has 0 bridgehead atoms. The predicted molar refractivity (Wildman–Crippen MR) is 67.2 cm³/mol. The monoisotopic (exact) mass is 259 g/mol. The fourth-order valence-electron chi connectivity index (χ4n) is 1.51. The number of aromatic nitrogens is 2. The van der Waals surface area contributed by atoms with Gasteiger partial charge in [-0.25, -0.2) is 8.42 Å². The van der Waals surface area contributed by atoms with E-state index in [4.69, 9.17) is 0 Å². The number of hydrogen-bond donors (Lipinski definition) is 1. The van der Waals surface area contributed by atoms with Crippen molar-refractivity contribution in [2.75, 3.05) is 7.05 Å². The van der Waals surface area contributed by atoms with Crippen LogP contribution in [0.3, 0.4) is 0 Å². The van der Waals surface area contributed by atoms with E-state index in [-0.39, 0.29) is 16.4 Å². The summed E-state index contributed by atoms with van der Waals surface area (Å²) in [5.74, 6) is 0. The van der Waals surface area contributed by atoms with E-state index in [0.717, 1.165) is 0 Å². The molecule has 0 spiro atoms. The van der Waals surface area contributed by atoms with Crippen LogP contribution in [0.1, 0.15) is 33.4 Å². The van der Waals surface area contributed by atoms with Crippen LogP contribution in [0.15, 0.2) is 11.1 Å². The maximum Gasteiger partial charge on any atom is 0.246 e. The highest BCUT2D eigenvalue weighted by Gasteiger charge is 2.33. The van der Waals surface area contributed by atoms with E-state index in [9.17, 15) is 8.42 Å². The van der Waals surface area contributed by atoms with Crippen LogP contribution in [0.5, 0.6) is 0 Å². The van der Waals surface area contributed by atoms with E-state index in [1.54, 1.807) is 14.0 Å². The van der Waals surface area contributed by atoms with E-state index in [0.29, 0.717) is 5.69 Å². The zero-order chi connectivity index (χ0) is 13.4. The molecule has 17 heavy (non-hydrogen) atoms. The summed E-state index contributed by atoms with van der Waals surface area (Å²) in [5.41, 5.74) is 0.456. The molecule has 1 rings (SSSR count). The highest BCUT2D eigenvalue weighted by Crippen LogP contribution is 2.27. The van der Waals surface area contributed by atoms with Crippen molar-refractivity contribution < 1.29 is 8.42 Å². The third-order valence-corrected chi connectivity index (χ3v) is 5.28. The molecule has 0 saturated heterocycles. The standard InChI is InChI=1S/C11H21N3O2S/c1-8-10(7-12-13-8)17(15,16)14(6)9(2)11(3,4)5/h7,9H,1-6H3,(H,12,13). The largest absolute Gasteiger partial charge is 0.281 e. The molecule has 1 N–H and O–H groups in total. The quantitative estimate of drug-likeness (QED) is 0.899. The van der Waals surface area contributed by atoms with E-state index in [1.807, 2.05) is 27.7 Å². The minimum absolute atomic E-state index is 0.0956. The molecule has 0 aromatic carbocycles. The van der Waals surface area contributed by atoms with Crippen LogP contribution in [0, 0.1) is 12.3 Å². The Morgan fingerprint density at radius 2 is 1.94 bits per heavy atom. The van der Waals surface area contributed by atoms with Crippen molar-refractivity contribution in [2.24, 2.45) is 5.41 Å². The van der Waals surface area contributed by atoms with Gasteiger partial charge >= 0.3 is 0 Å². The third kappa shape index (κ3) is 2.69. The maximum absolute atomic E-state index is 12.4. The average Bonchev–Trinajstić information content (AvgIpc) is 2.61. The van der Waals surface area contributed by atoms with Crippen LogP contribution in [0.25, 0.3) is 0 Å². The van der Waals surface area contributed by atoms with Crippen molar-refractivity contribution in [2.45, 2.75) is 45.6 Å². The van der Waals surface area contributed by atoms with Crippen LogP contribution in [-0.4, -0.2) is 36.0 Å². The fraction of sp³-hybridized carbons (Fsp3) is 0.727. The Bertz CT molecular complexity index is 485. The third-order valence-electron chi connectivity index (χ3n) is 3.24. The van der Waals surface area contributed by atoms with Gasteiger partial charge in [-0.1, -0.05) is 20.8 Å². The van der Waals surface area contributed by atoms with Gasteiger partial charge in [0.25, 0.3) is 0 Å². The number of nitrogens with zero attached hydrogens (tertiary/aromatic N) is 2. The van der Waals surface area contributed by atoms with E-state index < -0.39 is 10.0 Å². The van der Waals surface area contributed by atoms with Gasteiger partial charge < -0.3 is 0 Å². The molecule has 1 aromatic heterocycles. The molecule has 6 heteroatoms. The lowest BCUT2D eigenvalue weighted by molar-refractivity contribution is 0.216. The number of rotatable bonds is 3. The number of aromatic amines is 1. The zero-order valence-corrected chi connectivity index (χ0v) is 12.1. The Morgan fingerprint density at radius 3 is 2.29 bits per heavy atom. The van der Waals surface area contributed by atoms with Crippen LogP contribution < -0.4 is 0 Å². The molecule has 0 aliphatic carbocycles. The zero-order valence-electron chi connectivity index (χ0n) is 11.3. The fourth-order valence-corrected chi connectivity index (χ4v) is 3.17. The van der Waals surface area contributed by atoms with E-state index in [2.05, 4.69) is 10.2 Å². The first kappa shape index (κ1) is 14.2. The summed E-state index contributed by atoms with van der Waals surface area (Å²) in [5, 5.41) is 6.41. The van der Waals surface area contributed by atoms with Gasteiger partial charge in [0.2, 0.25) is 10.0 Å². The molecular weight excluding hydrogens is 238 g/mol. The molecule has 0 aliphatic rings. The second kappa shape index (κ2) is 4.42. The van der Waals surface area contributed by atoms with E-state index >= 15 is 0 Å². The summed E-state index contributed by atoms with van der Waals surface area (Å²) in [6.07, 6.45) is 1.36. The topological polar surface area (TPSA) is 66.1 Å². The molecular formula is C11H21N3O2S. The first-order valence-electron chi connectivity index (χ1n) is 5.56. The maximum atomic E-state index is 12.4.